The summed E-state index contributed by atoms with van der Waals surface area (Å²) in [6.45, 7) is 10.5. The third-order valence-corrected chi connectivity index (χ3v) is 13.1. The molecular weight excluding hydrogens is 789 g/mol. The van der Waals surface area contributed by atoms with Crippen molar-refractivity contribution in [1.29, 1.82) is 0 Å². The highest BCUT2D eigenvalue weighted by Crippen LogP contribution is 2.44. The van der Waals surface area contributed by atoms with Gasteiger partial charge < -0.3 is 58.1 Å². The molecule has 6 unspecified atom stereocenters. The molecule has 19 nitrogen and oxygen atoms in total. The van der Waals surface area contributed by atoms with E-state index in [1.165, 1.54) is 0 Å². The summed E-state index contributed by atoms with van der Waals surface area (Å²) in [7, 11) is 4.10. The second-order valence-electron chi connectivity index (χ2n) is 18.8. The van der Waals surface area contributed by atoms with Gasteiger partial charge in [-0.15, -0.1) is 5.10 Å². The number of aromatic nitrogens is 7. The maximum atomic E-state index is 9.96. The van der Waals surface area contributed by atoms with E-state index >= 15 is 0 Å². The van der Waals surface area contributed by atoms with Crippen molar-refractivity contribution in [2.24, 2.45) is 10.8 Å². The van der Waals surface area contributed by atoms with Crippen LogP contribution in [-0.2, 0) is 41.5 Å². The van der Waals surface area contributed by atoms with E-state index in [2.05, 4.69) is 67.9 Å². The summed E-state index contributed by atoms with van der Waals surface area (Å²) < 4.78 is 46.4. The maximum Gasteiger partial charge on any atom is 0.250 e. The van der Waals surface area contributed by atoms with Crippen LogP contribution >= 0.6 is 0 Å². The summed E-state index contributed by atoms with van der Waals surface area (Å²) >= 11 is 0. The van der Waals surface area contributed by atoms with E-state index in [-0.39, 0.29) is 60.6 Å². The van der Waals surface area contributed by atoms with Gasteiger partial charge in [-0.25, -0.2) is 9.67 Å². The van der Waals surface area contributed by atoms with Gasteiger partial charge in [-0.2, -0.15) is 4.68 Å². The van der Waals surface area contributed by atoms with Crippen LogP contribution in [0.5, 0.6) is 5.75 Å². The monoisotopic (exact) mass is 843 g/mol. The first kappa shape index (κ1) is 39.4. The third-order valence-electron chi connectivity index (χ3n) is 13.1. The summed E-state index contributed by atoms with van der Waals surface area (Å²) in [4.78, 5) is 13.5. The molecule has 1 saturated carbocycles. The Balaban J connectivity index is 0.874. The van der Waals surface area contributed by atoms with Crippen molar-refractivity contribution in [1.82, 2.24) is 29.9 Å². The average Bonchev–Trinajstić information content (AvgIpc) is 3.93. The van der Waals surface area contributed by atoms with E-state index in [0.717, 1.165) is 47.8 Å². The van der Waals surface area contributed by atoms with Gasteiger partial charge in [0.2, 0.25) is 0 Å². The Labute approximate surface area is 353 Å². The Bertz CT molecular complexity index is 2230. The zero-order chi connectivity index (χ0) is 41.6. The van der Waals surface area contributed by atoms with Crippen LogP contribution < -0.4 is 24.1 Å². The van der Waals surface area contributed by atoms with Crippen LogP contribution in [0.2, 0.25) is 0 Å². The summed E-state index contributed by atoms with van der Waals surface area (Å²) in [6, 6.07) is 8.42. The molecule has 0 radical (unpaired) electrons. The molecule has 6 atom stereocenters. The van der Waals surface area contributed by atoms with Gasteiger partial charge in [0.05, 0.1) is 75.5 Å². The zero-order valence-corrected chi connectivity index (χ0v) is 35.1. The molecule has 1 aliphatic carbocycles. The molecule has 61 heavy (non-hydrogen) atoms. The molecule has 11 rings (SSSR count). The van der Waals surface area contributed by atoms with Crippen molar-refractivity contribution in [3.05, 3.63) is 42.9 Å². The van der Waals surface area contributed by atoms with Crippen LogP contribution in [0.25, 0.3) is 22.6 Å². The van der Waals surface area contributed by atoms with Crippen molar-refractivity contribution >= 4 is 17.1 Å². The second kappa shape index (κ2) is 15.1. The minimum absolute atomic E-state index is 0.0595. The van der Waals surface area contributed by atoms with E-state index in [0.29, 0.717) is 69.7 Å². The normalized spacial score (nSPS) is 30.6. The topological polar surface area (TPSA) is 180 Å². The predicted octanol–water partition coefficient (Wildman–Crippen LogP) is 0.867. The number of fused-ring (bicyclic) bond motifs is 2. The van der Waals surface area contributed by atoms with Gasteiger partial charge in [-0.3, -0.25) is 0 Å². The molecule has 19 heteroatoms. The Morgan fingerprint density at radius 3 is 2.11 bits per heavy atom. The van der Waals surface area contributed by atoms with Crippen molar-refractivity contribution in [2.45, 2.75) is 82.5 Å². The standard InChI is InChI=1S/C42H55N10O9/c1-41(23-53)19-48(20-41)25-5-6-27(30(7-25)47(3)4)28-12-51(14-39-60-36-17-56-18-37(36)61-39)52(45-28)31-9-32(31)57-33-8-26(49-21-42(2,22-49)24-54)10-43-40(33)29-11-50(46-44-29)13-38-58-34-15-55-16-35(34)59-38/h5-8,10-12,31-32,34-39,53-54H,9,13-24H2,1-4H3/q+1. The number of hydrogen-bond donors (Lipinski definition) is 2. The number of pyridine rings is 1. The molecule has 9 heterocycles. The second-order valence-corrected chi connectivity index (χ2v) is 18.8. The minimum Gasteiger partial charge on any atom is -0.485 e. The van der Waals surface area contributed by atoms with Crippen LogP contribution in [0.4, 0.5) is 17.1 Å². The van der Waals surface area contributed by atoms with E-state index in [4.69, 9.17) is 43.2 Å². The van der Waals surface area contributed by atoms with E-state index < -0.39 is 12.6 Å². The molecule has 7 aliphatic rings. The highest BCUT2D eigenvalue weighted by atomic mass is 16.8. The molecule has 0 spiro atoms. The highest BCUT2D eigenvalue weighted by molar-refractivity contribution is 5.79. The quantitative estimate of drug-likeness (QED) is 0.171. The van der Waals surface area contributed by atoms with Crippen LogP contribution in [-0.4, -0.2) is 163 Å². The smallest absolute Gasteiger partial charge is 0.250 e. The zero-order valence-electron chi connectivity index (χ0n) is 35.1. The molecule has 326 valence electrons. The van der Waals surface area contributed by atoms with Gasteiger partial charge in [0.15, 0.2) is 31.4 Å². The van der Waals surface area contributed by atoms with Crippen LogP contribution in [0.3, 0.4) is 0 Å². The lowest BCUT2D eigenvalue weighted by molar-refractivity contribution is -0.789. The first-order valence-electron chi connectivity index (χ1n) is 21.4. The van der Waals surface area contributed by atoms with Gasteiger partial charge in [0, 0.05) is 74.4 Å². The summed E-state index contributed by atoms with van der Waals surface area (Å²) in [5.74, 6) is 0.595. The van der Waals surface area contributed by atoms with E-state index in [9.17, 15) is 10.2 Å². The van der Waals surface area contributed by atoms with Gasteiger partial charge in [0.1, 0.15) is 47.7 Å². The lowest BCUT2D eigenvalue weighted by atomic mass is 9.82. The van der Waals surface area contributed by atoms with Gasteiger partial charge in [-0.05, 0) is 23.0 Å². The minimum atomic E-state index is -0.447. The number of hydrogen-bond acceptors (Lipinski definition) is 16. The number of rotatable bonds is 14. The largest absolute Gasteiger partial charge is 0.485 e. The van der Waals surface area contributed by atoms with Crippen LogP contribution in [0, 0.1) is 10.8 Å². The molecule has 0 bridgehead atoms. The molecule has 2 N–H and O–H groups in total. The van der Waals surface area contributed by atoms with Crippen molar-refractivity contribution in [3.63, 3.8) is 0 Å². The van der Waals surface area contributed by atoms with E-state index in [1.54, 1.807) is 4.68 Å². The highest BCUT2D eigenvalue weighted by Gasteiger charge is 2.50. The Morgan fingerprint density at radius 2 is 1.48 bits per heavy atom. The molecule has 4 aromatic rings. The molecule has 6 aliphatic heterocycles. The molecule has 0 amide bonds. The first-order chi connectivity index (χ1) is 29.5. The predicted molar refractivity (Wildman–Crippen MR) is 217 cm³/mol. The fourth-order valence-corrected chi connectivity index (χ4v) is 9.47. The SMILES string of the molecule is CN(C)c1cc(N2CC(C)(CO)C2)ccc1-c1c[n+](CC2OC3COCC3O2)n(C2CC2Oc2cc(N3CC(C)(CO)C3)cnc2-c2cn(CC3OC4COCC4O3)nn2)n1. The summed E-state index contributed by atoms with van der Waals surface area (Å²) in [5, 5.41) is 34.0. The first-order valence-corrected chi connectivity index (χ1v) is 21.4. The number of aliphatic hydroxyl groups excluding tert-OH is 2. The van der Waals surface area contributed by atoms with Gasteiger partial charge in [0.25, 0.3) is 5.69 Å². The Morgan fingerprint density at radius 1 is 0.836 bits per heavy atom. The Kier molecular flexibility index (Phi) is 9.76. The van der Waals surface area contributed by atoms with Crippen LogP contribution in [0.15, 0.2) is 42.9 Å². The number of anilines is 3. The molecule has 3 aromatic heterocycles. The van der Waals surface area contributed by atoms with Crippen LogP contribution in [0.1, 0.15) is 26.3 Å². The van der Waals surface area contributed by atoms with Crippen molar-refractivity contribution < 1.29 is 48.1 Å². The molecule has 1 aromatic carbocycles. The van der Waals surface area contributed by atoms with Gasteiger partial charge in [-0.1, -0.05) is 19.1 Å². The molecule has 6 saturated heterocycles. The van der Waals surface area contributed by atoms with Crippen molar-refractivity contribution in [2.75, 3.05) is 94.6 Å². The number of aliphatic hydroxyl groups is 2. The Hall–Kier alpha value is -4.47. The van der Waals surface area contributed by atoms with E-state index in [1.807, 2.05) is 37.4 Å². The fraction of sp³-hybridized carbons (Fsp3) is 0.643. The molecule has 7 fully saturated rings. The number of ether oxygens (including phenoxy) is 7. The number of nitrogens with zero attached hydrogens (tertiary/aromatic N) is 10. The maximum absolute atomic E-state index is 9.96. The summed E-state index contributed by atoms with van der Waals surface area (Å²) in [6.07, 6.45) is 5.10. The third kappa shape index (κ3) is 7.41. The fourth-order valence-electron chi connectivity index (χ4n) is 9.47. The lowest BCUT2D eigenvalue weighted by Crippen LogP contribution is -2.56. The number of benzene rings is 1. The lowest BCUT2D eigenvalue weighted by Gasteiger charge is -2.48. The average molecular weight is 844 g/mol. The molecular formula is C42H55N10O9+. The van der Waals surface area contributed by atoms with Crippen molar-refractivity contribution in [3.8, 4) is 28.4 Å². The van der Waals surface area contributed by atoms with Gasteiger partial charge >= 0.3 is 0 Å². The summed E-state index contributed by atoms with van der Waals surface area (Å²) in [5.41, 5.74) is 5.81.